The second-order valence-corrected chi connectivity index (χ2v) is 5.47. The van der Waals surface area contributed by atoms with Crippen LogP contribution in [0.3, 0.4) is 0 Å². The molecule has 0 bridgehead atoms. The molecule has 1 aliphatic heterocycles. The van der Waals surface area contributed by atoms with E-state index in [0.717, 1.165) is 33.3 Å². The first-order valence-electron chi connectivity index (χ1n) is 6.41. The maximum atomic E-state index is 13.0. The zero-order valence-electron chi connectivity index (χ0n) is 10.9. The zero-order valence-corrected chi connectivity index (χ0v) is 11.7. The summed E-state index contributed by atoms with van der Waals surface area (Å²) < 4.78 is 23.6. The van der Waals surface area contributed by atoms with Crippen molar-refractivity contribution in [2.24, 2.45) is 0 Å². The number of benzene rings is 2. The van der Waals surface area contributed by atoms with Crippen molar-refractivity contribution in [3.63, 3.8) is 0 Å². The summed E-state index contributed by atoms with van der Waals surface area (Å²) in [5.74, 6) is 1.25. The fraction of sp³-hybridized carbons (Fsp3) is 0.0625. The lowest BCUT2D eigenvalue weighted by atomic mass is 10.1. The molecule has 4 rings (SSSR count). The van der Waals surface area contributed by atoms with Gasteiger partial charge in [-0.15, -0.1) is 11.3 Å². The SMILES string of the molecule is Fc1ccc(-c2csc(-c3ccc4c(c3)OCO4)n2)cc1. The van der Waals surface area contributed by atoms with Gasteiger partial charge in [-0.05, 0) is 42.5 Å². The van der Waals surface area contributed by atoms with Crippen molar-refractivity contribution in [1.82, 2.24) is 4.98 Å². The van der Waals surface area contributed by atoms with Crippen molar-refractivity contribution < 1.29 is 13.9 Å². The van der Waals surface area contributed by atoms with Crippen LogP contribution in [-0.2, 0) is 0 Å². The van der Waals surface area contributed by atoms with E-state index in [1.165, 1.54) is 12.1 Å². The largest absolute Gasteiger partial charge is 0.454 e. The lowest BCUT2D eigenvalue weighted by Gasteiger charge is -1.99. The molecule has 0 aliphatic carbocycles. The molecule has 0 N–H and O–H groups in total. The van der Waals surface area contributed by atoms with Gasteiger partial charge in [0.25, 0.3) is 0 Å². The summed E-state index contributed by atoms with van der Waals surface area (Å²) in [6.07, 6.45) is 0. The maximum Gasteiger partial charge on any atom is 0.231 e. The minimum atomic E-state index is -0.245. The minimum absolute atomic E-state index is 0.245. The number of aromatic nitrogens is 1. The molecule has 2 heterocycles. The number of ether oxygens (including phenoxy) is 2. The molecule has 21 heavy (non-hydrogen) atoms. The van der Waals surface area contributed by atoms with Gasteiger partial charge in [0.15, 0.2) is 11.5 Å². The Morgan fingerprint density at radius 3 is 2.57 bits per heavy atom. The van der Waals surface area contributed by atoms with Gasteiger partial charge in [-0.25, -0.2) is 9.37 Å². The van der Waals surface area contributed by atoms with Crippen molar-refractivity contribution in [2.75, 3.05) is 6.79 Å². The second-order valence-electron chi connectivity index (χ2n) is 4.61. The van der Waals surface area contributed by atoms with Crippen LogP contribution in [0, 0.1) is 5.82 Å². The van der Waals surface area contributed by atoms with Gasteiger partial charge in [-0.3, -0.25) is 0 Å². The third-order valence-electron chi connectivity index (χ3n) is 3.26. The lowest BCUT2D eigenvalue weighted by molar-refractivity contribution is 0.174. The number of hydrogen-bond acceptors (Lipinski definition) is 4. The van der Waals surface area contributed by atoms with E-state index in [4.69, 9.17) is 9.47 Å². The average Bonchev–Trinajstić information content (AvgIpc) is 3.16. The van der Waals surface area contributed by atoms with E-state index in [9.17, 15) is 4.39 Å². The molecule has 2 aromatic carbocycles. The molecule has 0 saturated heterocycles. The molecule has 0 radical (unpaired) electrons. The fourth-order valence-corrected chi connectivity index (χ4v) is 3.02. The van der Waals surface area contributed by atoms with Crippen molar-refractivity contribution >= 4 is 11.3 Å². The van der Waals surface area contributed by atoms with Crippen molar-refractivity contribution in [1.29, 1.82) is 0 Å². The Morgan fingerprint density at radius 2 is 1.71 bits per heavy atom. The summed E-state index contributed by atoms with van der Waals surface area (Å²) in [5.41, 5.74) is 2.73. The number of rotatable bonds is 2. The smallest absolute Gasteiger partial charge is 0.231 e. The number of thiazole rings is 1. The molecule has 5 heteroatoms. The van der Waals surface area contributed by atoms with Gasteiger partial charge in [-0.1, -0.05) is 0 Å². The van der Waals surface area contributed by atoms with Gasteiger partial charge >= 0.3 is 0 Å². The predicted octanol–water partition coefficient (Wildman–Crippen LogP) is 4.34. The van der Waals surface area contributed by atoms with Crippen molar-refractivity contribution in [3.05, 3.63) is 53.7 Å². The second kappa shape index (κ2) is 4.86. The predicted molar refractivity (Wildman–Crippen MR) is 79.1 cm³/mol. The molecule has 0 saturated carbocycles. The molecule has 0 spiro atoms. The Hall–Kier alpha value is -2.40. The molecule has 0 atom stereocenters. The van der Waals surface area contributed by atoms with Crippen LogP contribution in [0.4, 0.5) is 4.39 Å². The highest BCUT2D eigenvalue weighted by Gasteiger charge is 2.15. The van der Waals surface area contributed by atoms with Crippen LogP contribution in [0.5, 0.6) is 11.5 Å². The third kappa shape index (κ3) is 2.25. The van der Waals surface area contributed by atoms with E-state index in [-0.39, 0.29) is 12.6 Å². The zero-order chi connectivity index (χ0) is 14.2. The Bertz CT molecular complexity index is 798. The Balaban J connectivity index is 1.69. The summed E-state index contributed by atoms with van der Waals surface area (Å²) in [4.78, 5) is 4.61. The van der Waals surface area contributed by atoms with Gasteiger partial charge < -0.3 is 9.47 Å². The van der Waals surface area contributed by atoms with Crippen LogP contribution in [0.1, 0.15) is 0 Å². The van der Waals surface area contributed by atoms with Crippen LogP contribution in [0.25, 0.3) is 21.8 Å². The van der Waals surface area contributed by atoms with Gasteiger partial charge in [0.2, 0.25) is 6.79 Å². The van der Waals surface area contributed by atoms with E-state index < -0.39 is 0 Å². The van der Waals surface area contributed by atoms with E-state index >= 15 is 0 Å². The molecular formula is C16H10FNO2S. The molecule has 1 aliphatic rings. The van der Waals surface area contributed by atoms with Gasteiger partial charge in [0.05, 0.1) is 5.69 Å². The van der Waals surface area contributed by atoms with Crippen LogP contribution in [0.2, 0.25) is 0 Å². The highest BCUT2D eigenvalue weighted by molar-refractivity contribution is 7.13. The summed E-state index contributed by atoms with van der Waals surface area (Å²) in [7, 11) is 0. The third-order valence-corrected chi connectivity index (χ3v) is 4.16. The van der Waals surface area contributed by atoms with Crippen molar-refractivity contribution in [2.45, 2.75) is 0 Å². The molecule has 1 aromatic heterocycles. The average molecular weight is 299 g/mol. The summed E-state index contributed by atoms with van der Waals surface area (Å²) in [5, 5.41) is 2.86. The molecule has 3 aromatic rings. The normalized spacial score (nSPS) is 12.6. The molecule has 0 amide bonds. The van der Waals surface area contributed by atoms with E-state index in [1.807, 2.05) is 23.6 Å². The van der Waals surface area contributed by atoms with Gasteiger partial charge in [0.1, 0.15) is 10.8 Å². The standard InChI is InChI=1S/C16H10FNO2S/c17-12-4-1-10(2-5-12)13-8-21-16(18-13)11-3-6-14-15(7-11)20-9-19-14/h1-8H,9H2. The highest BCUT2D eigenvalue weighted by atomic mass is 32.1. The molecule has 3 nitrogen and oxygen atoms in total. The van der Waals surface area contributed by atoms with Crippen LogP contribution < -0.4 is 9.47 Å². The van der Waals surface area contributed by atoms with E-state index in [1.54, 1.807) is 23.5 Å². The number of hydrogen-bond donors (Lipinski definition) is 0. The number of nitrogens with zero attached hydrogens (tertiary/aromatic N) is 1. The lowest BCUT2D eigenvalue weighted by Crippen LogP contribution is -1.92. The molecule has 104 valence electrons. The van der Waals surface area contributed by atoms with Crippen molar-refractivity contribution in [3.8, 4) is 33.3 Å². The van der Waals surface area contributed by atoms with Crippen LogP contribution in [0.15, 0.2) is 47.8 Å². The number of halogens is 1. The first-order chi connectivity index (χ1) is 10.3. The quantitative estimate of drug-likeness (QED) is 0.705. The molecule has 0 unspecified atom stereocenters. The fourth-order valence-electron chi connectivity index (χ4n) is 2.19. The number of fused-ring (bicyclic) bond motifs is 1. The summed E-state index contributed by atoms with van der Waals surface area (Å²) in [6, 6.07) is 12.1. The summed E-state index contributed by atoms with van der Waals surface area (Å²) in [6.45, 7) is 0.261. The minimum Gasteiger partial charge on any atom is -0.454 e. The first-order valence-corrected chi connectivity index (χ1v) is 7.29. The van der Waals surface area contributed by atoms with Gasteiger partial charge in [0, 0.05) is 16.5 Å². The van der Waals surface area contributed by atoms with Crippen LogP contribution >= 0.6 is 11.3 Å². The Kier molecular flexibility index (Phi) is 2.86. The Labute approximate surface area is 124 Å². The highest BCUT2D eigenvalue weighted by Crippen LogP contribution is 2.37. The molecular weight excluding hydrogens is 289 g/mol. The van der Waals surface area contributed by atoms with E-state index in [2.05, 4.69) is 4.98 Å². The van der Waals surface area contributed by atoms with Gasteiger partial charge in [-0.2, -0.15) is 0 Å². The maximum absolute atomic E-state index is 13.0. The monoisotopic (exact) mass is 299 g/mol. The molecule has 0 fully saturated rings. The first kappa shape index (κ1) is 12.3. The topological polar surface area (TPSA) is 31.4 Å². The van der Waals surface area contributed by atoms with E-state index in [0.29, 0.717) is 0 Å². The Morgan fingerprint density at radius 1 is 0.952 bits per heavy atom. The summed E-state index contributed by atoms with van der Waals surface area (Å²) >= 11 is 1.55. The van der Waals surface area contributed by atoms with Crippen LogP contribution in [-0.4, -0.2) is 11.8 Å².